The molecule has 0 aliphatic heterocycles. The Hall–Kier alpha value is -1.29. The minimum atomic E-state index is -0.132. The van der Waals surface area contributed by atoms with E-state index < -0.39 is 0 Å². The van der Waals surface area contributed by atoms with E-state index in [-0.39, 0.29) is 6.10 Å². The molecule has 2 rings (SSSR count). The molecule has 17 heavy (non-hydrogen) atoms. The maximum absolute atomic E-state index is 9.74. The lowest BCUT2D eigenvalue weighted by Crippen LogP contribution is -2.21. The summed E-state index contributed by atoms with van der Waals surface area (Å²) >= 11 is 0. The van der Waals surface area contributed by atoms with Crippen LogP contribution in [0.1, 0.15) is 26.2 Å². The Morgan fingerprint density at radius 3 is 2.71 bits per heavy atom. The van der Waals surface area contributed by atoms with Gasteiger partial charge in [-0.2, -0.15) is 0 Å². The van der Waals surface area contributed by atoms with E-state index in [0.29, 0.717) is 5.92 Å². The number of hydrogen-bond acceptors (Lipinski definition) is 4. The second-order valence-electron chi connectivity index (χ2n) is 4.63. The number of pyridine rings is 1. The van der Waals surface area contributed by atoms with Gasteiger partial charge in [0.1, 0.15) is 0 Å². The number of aliphatic hydroxyl groups excluding tert-OH is 1. The first-order valence-corrected chi connectivity index (χ1v) is 6.40. The molecule has 0 spiro atoms. The third-order valence-corrected chi connectivity index (χ3v) is 3.31. The monoisotopic (exact) mass is 235 g/mol. The maximum Gasteiger partial charge on any atom is 0.0585 e. The number of nitrogens with one attached hydrogen (secondary N) is 2. The molecule has 0 saturated heterocycles. The quantitative estimate of drug-likeness (QED) is 0.731. The van der Waals surface area contributed by atoms with Crippen LogP contribution in [0.3, 0.4) is 0 Å². The molecule has 1 heterocycles. The van der Waals surface area contributed by atoms with Gasteiger partial charge in [-0.05, 0) is 25.8 Å². The number of anilines is 2. The lowest BCUT2D eigenvalue weighted by molar-refractivity contribution is 0.138. The highest BCUT2D eigenvalue weighted by Gasteiger charge is 2.24. The number of rotatable bonds is 5. The molecule has 4 nitrogen and oxygen atoms in total. The van der Waals surface area contributed by atoms with Gasteiger partial charge in [0, 0.05) is 19.0 Å². The van der Waals surface area contributed by atoms with E-state index in [0.717, 1.165) is 43.7 Å². The molecule has 1 aliphatic carbocycles. The predicted molar refractivity (Wildman–Crippen MR) is 70.2 cm³/mol. The van der Waals surface area contributed by atoms with Gasteiger partial charge >= 0.3 is 0 Å². The number of hydrogen-bond donors (Lipinski definition) is 3. The Morgan fingerprint density at radius 1 is 1.29 bits per heavy atom. The Balaban J connectivity index is 1.87. The lowest BCUT2D eigenvalue weighted by atomic mass is 10.1. The molecule has 94 valence electrons. The van der Waals surface area contributed by atoms with Crippen LogP contribution < -0.4 is 10.6 Å². The standard InChI is InChI=1S/C13H21N3O/c1-2-15-11-6-12(9-14-8-11)16-7-10-4-3-5-13(10)17/h6,8-10,13,15-17H,2-5,7H2,1H3. The van der Waals surface area contributed by atoms with E-state index in [4.69, 9.17) is 0 Å². The Bertz CT molecular complexity index is 356. The molecule has 1 fully saturated rings. The molecule has 1 aromatic heterocycles. The van der Waals surface area contributed by atoms with Crippen LogP contribution in [-0.2, 0) is 0 Å². The summed E-state index contributed by atoms with van der Waals surface area (Å²) in [7, 11) is 0. The molecule has 0 bridgehead atoms. The van der Waals surface area contributed by atoms with Gasteiger partial charge in [0.05, 0.1) is 29.9 Å². The van der Waals surface area contributed by atoms with Crippen molar-refractivity contribution < 1.29 is 5.11 Å². The van der Waals surface area contributed by atoms with E-state index in [2.05, 4.69) is 28.6 Å². The summed E-state index contributed by atoms with van der Waals surface area (Å²) in [4.78, 5) is 4.18. The van der Waals surface area contributed by atoms with Gasteiger partial charge in [-0.3, -0.25) is 4.98 Å². The van der Waals surface area contributed by atoms with Crippen molar-refractivity contribution in [3.63, 3.8) is 0 Å². The molecule has 0 radical (unpaired) electrons. The Labute approximate surface area is 102 Å². The number of nitrogens with zero attached hydrogens (tertiary/aromatic N) is 1. The Kier molecular flexibility index (Phi) is 4.20. The van der Waals surface area contributed by atoms with E-state index in [1.54, 1.807) is 0 Å². The third kappa shape index (κ3) is 3.33. The van der Waals surface area contributed by atoms with Gasteiger partial charge in [-0.25, -0.2) is 0 Å². The maximum atomic E-state index is 9.74. The molecule has 2 atom stereocenters. The molecule has 1 aromatic rings. The average molecular weight is 235 g/mol. The van der Waals surface area contributed by atoms with Gasteiger partial charge in [0.25, 0.3) is 0 Å². The third-order valence-electron chi connectivity index (χ3n) is 3.31. The molecule has 2 unspecified atom stereocenters. The summed E-state index contributed by atoms with van der Waals surface area (Å²) in [5.41, 5.74) is 2.05. The van der Waals surface area contributed by atoms with Gasteiger partial charge in [0.2, 0.25) is 0 Å². The summed E-state index contributed by atoms with van der Waals surface area (Å²) in [6.07, 6.45) is 6.72. The van der Waals surface area contributed by atoms with Crippen molar-refractivity contribution in [3.05, 3.63) is 18.5 Å². The van der Waals surface area contributed by atoms with E-state index in [1.807, 2.05) is 12.4 Å². The number of aliphatic hydroxyl groups is 1. The minimum absolute atomic E-state index is 0.132. The van der Waals surface area contributed by atoms with E-state index >= 15 is 0 Å². The van der Waals surface area contributed by atoms with Crippen LogP contribution in [0.5, 0.6) is 0 Å². The summed E-state index contributed by atoms with van der Waals surface area (Å²) < 4.78 is 0. The molecule has 0 amide bonds. The highest BCUT2D eigenvalue weighted by atomic mass is 16.3. The second-order valence-corrected chi connectivity index (χ2v) is 4.63. The molecule has 1 saturated carbocycles. The largest absolute Gasteiger partial charge is 0.393 e. The Morgan fingerprint density at radius 2 is 2.06 bits per heavy atom. The fraction of sp³-hybridized carbons (Fsp3) is 0.615. The molecular weight excluding hydrogens is 214 g/mol. The summed E-state index contributed by atoms with van der Waals surface area (Å²) in [5, 5.41) is 16.3. The zero-order valence-electron chi connectivity index (χ0n) is 10.3. The summed E-state index contributed by atoms with van der Waals surface area (Å²) in [6.45, 7) is 3.79. The zero-order chi connectivity index (χ0) is 12.1. The van der Waals surface area contributed by atoms with Crippen molar-refractivity contribution in [1.82, 2.24) is 4.98 Å². The summed E-state index contributed by atoms with van der Waals surface area (Å²) in [5.74, 6) is 0.387. The lowest BCUT2D eigenvalue weighted by Gasteiger charge is -2.16. The first-order valence-electron chi connectivity index (χ1n) is 6.40. The van der Waals surface area contributed by atoms with Crippen LogP contribution >= 0.6 is 0 Å². The fourth-order valence-corrected chi connectivity index (χ4v) is 2.34. The topological polar surface area (TPSA) is 57.2 Å². The molecule has 0 aromatic carbocycles. The van der Waals surface area contributed by atoms with Crippen molar-refractivity contribution in [2.75, 3.05) is 23.7 Å². The first kappa shape index (κ1) is 12.2. The second kappa shape index (κ2) is 5.87. The molecule has 1 aliphatic rings. The van der Waals surface area contributed by atoms with Crippen LogP contribution in [0.2, 0.25) is 0 Å². The SMILES string of the molecule is CCNc1cncc(NCC2CCCC2O)c1. The van der Waals surface area contributed by atoms with Crippen molar-refractivity contribution in [1.29, 1.82) is 0 Å². The predicted octanol–water partition coefficient (Wildman–Crippen LogP) is 2.09. The van der Waals surface area contributed by atoms with Gasteiger partial charge in [0.15, 0.2) is 0 Å². The molecule has 3 N–H and O–H groups in total. The zero-order valence-corrected chi connectivity index (χ0v) is 10.3. The normalized spacial score (nSPS) is 23.6. The molecule has 4 heteroatoms. The van der Waals surface area contributed by atoms with E-state index in [9.17, 15) is 5.11 Å². The van der Waals surface area contributed by atoms with Crippen molar-refractivity contribution in [2.24, 2.45) is 5.92 Å². The van der Waals surface area contributed by atoms with E-state index in [1.165, 1.54) is 0 Å². The van der Waals surface area contributed by atoms with Crippen molar-refractivity contribution in [2.45, 2.75) is 32.3 Å². The molecular formula is C13H21N3O. The minimum Gasteiger partial charge on any atom is -0.393 e. The van der Waals surface area contributed by atoms with Gasteiger partial charge in [-0.1, -0.05) is 6.42 Å². The average Bonchev–Trinajstić information content (AvgIpc) is 2.73. The summed E-state index contributed by atoms with van der Waals surface area (Å²) in [6, 6.07) is 2.05. The van der Waals surface area contributed by atoms with Crippen molar-refractivity contribution in [3.8, 4) is 0 Å². The fourth-order valence-electron chi connectivity index (χ4n) is 2.34. The van der Waals surface area contributed by atoms with Crippen LogP contribution in [-0.4, -0.2) is 29.3 Å². The van der Waals surface area contributed by atoms with Crippen molar-refractivity contribution >= 4 is 11.4 Å². The highest BCUT2D eigenvalue weighted by Crippen LogP contribution is 2.25. The number of aromatic nitrogens is 1. The van der Waals surface area contributed by atoms with Crippen LogP contribution in [0.25, 0.3) is 0 Å². The first-order chi connectivity index (χ1) is 8.29. The van der Waals surface area contributed by atoms with Crippen LogP contribution in [0.4, 0.5) is 11.4 Å². The van der Waals surface area contributed by atoms with Gasteiger partial charge < -0.3 is 15.7 Å². The van der Waals surface area contributed by atoms with Gasteiger partial charge in [-0.15, -0.1) is 0 Å². The smallest absolute Gasteiger partial charge is 0.0585 e. The van der Waals surface area contributed by atoms with Crippen LogP contribution in [0, 0.1) is 5.92 Å². The highest BCUT2D eigenvalue weighted by molar-refractivity contribution is 5.53. The van der Waals surface area contributed by atoms with Crippen LogP contribution in [0.15, 0.2) is 18.5 Å².